The molecule has 0 bridgehead atoms. The van der Waals surface area contributed by atoms with Crippen molar-refractivity contribution in [3.05, 3.63) is 0 Å². The number of hydrogen-bond donors (Lipinski definition) is 1. The van der Waals surface area contributed by atoms with E-state index in [2.05, 4.69) is 5.16 Å². The van der Waals surface area contributed by atoms with Gasteiger partial charge >= 0.3 is 18.1 Å². The van der Waals surface area contributed by atoms with Crippen LogP contribution in [0.2, 0.25) is 0 Å². The van der Waals surface area contributed by atoms with Gasteiger partial charge in [-0.15, -0.1) is 0 Å². The van der Waals surface area contributed by atoms with Crippen molar-refractivity contribution in [2.24, 2.45) is 5.16 Å². The highest BCUT2D eigenvalue weighted by Crippen LogP contribution is 2.36. The molecule has 2 heterocycles. The number of aliphatic carboxylic acids is 1. The van der Waals surface area contributed by atoms with Gasteiger partial charge in [-0.25, -0.2) is 4.79 Å². The van der Waals surface area contributed by atoms with Gasteiger partial charge in [-0.05, 0) is 0 Å². The van der Waals surface area contributed by atoms with Crippen LogP contribution < -0.4 is 0 Å². The predicted octanol–water partition coefficient (Wildman–Crippen LogP) is -0.00940. The molecule has 0 unspecified atom stereocenters. The zero-order valence-corrected chi connectivity index (χ0v) is 8.32. The molecule has 2 aliphatic rings. The first kappa shape index (κ1) is 11.7. The van der Waals surface area contributed by atoms with Crippen molar-refractivity contribution in [2.75, 3.05) is 13.1 Å². The fourth-order valence-electron chi connectivity index (χ4n) is 1.78. The highest BCUT2D eigenvalue weighted by atomic mass is 19.4. The van der Waals surface area contributed by atoms with Gasteiger partial charge in [0.2, 0.25) is 0 Å². The third kappa shape index (κ3) is 1.92. The summed E-state index contributed by atoms with van der Waals surface area (Å²) in [4.78, 5) is 26.7. The number of carboxylic acid groups (broad SMARTS) is 1. The second kappa shape index (κ2) is 3.34. The largest absolute Gasteiger partial charge is 0.477 e. The molecule has 2 aliphatic heterocycles. The van der Waals surface area contributed by atoms with Crippen LogP contribution in [-0.4, -0.2) is 52.5 Å². The fourth-order valence-corrected chi connectivity index (χ4v) is 1.78. The average Bonchev–Trinajstić information content (AvgIpc) is 2.57. The van der Waals surface area contributed by atoms with Gasteiger partial charge in [0.1, 0.15) is 0 Å². The maximum Gasteiger partial charge on any atom is 0.471 e. The molecule has 17 heavy (non-hydrogen) atoms. The molecule has 0 aromatic rings. The number of carbonyl (C=O) groups excluding carboxylic acids is 1. The van der Waals surface area contributed by atoms with Gasteiger partial charge in [0.15, 0.2) is 11.3 Å². The summed E-state index contributed by atoms with van der Waals surface area (Å²) in [7, 11) is 0. The molecule has 0 aliphatic carbocycles. The van der Waals surface area contributed by atoms with Gasteiger partial charge in [0.05, 0.1) is 13.1 Å². The molecule has 6 nitrogen and oxygen atoms in total. The molecule has 9 heteroatoms. The molecule has 1 fully saturated rings. The van der Waals surface area contributed by atoms with Crippen LogP contribution in [0.15, 0.2) is 5.16 Å². The predicted molar refractivity (Wildman–Crippen MR) is 46.1 cm³/mol. The molecule has 0 saturated carbocycles. The first-order valence-electron chi connectivity index (χ1n) is 4.58. The maximum absolute atomic E-state index is 12.0. The van der Waals surface area contributed by atoms with Crippen LogP contribution in [0.1, 0.15) is 6.42 Å². The Bertz CT molecular complexity index is 411. The summed E-state index contributed by atoms with van der Waals surface area (Å²) in [6.07, 6.45) is -5.01. The number of oxime groups is 1. The summed E-state index contributed by atoms with van der Waals surface area (Å²) in [5.41, 5.74) is -1.33. The van der Waals surface area contributed by atoms with E-state index in [1.165, 1.54) is 0 Å². The van der Waals surface area contributed by atoms with E-state index >= 15 is 0 Å². The first-order valence-corrected chi connectivity index (χ1v) is 4.58. The molecular formula is C8H7F3N2O4. The standard InChI is InChI=1S/C8H7F3N2O4/c9-8(10,11)6(16)13-2-7(3-13)1-4(5(14)15)12-17-7/h1-3H2,(H,14,15). The third-order valence-corrected chi connectivity index (χ3v) is 2.57. The second-order valence-corrected chi connectivity index (χ2v) is 3.95. The van der Waals surface area contributed by atoms with Gasteiger partial charge in [-0.1, -0.05) is 5.16 Å². The molecule has 0 atom stereocenters. The summed E-state index contributed by atoms with van der Waals surface area (Å²) < 4.78 is 36.1. The molecule has 1 spiro atoms. The van der Waals surface area contributed by atoms with Crippen LogP contribution in [-0.2, 0) is 14.4 Å². The van der Waals surface area contributed by atoms with Crippen LogP contribution >= 0.6 is 0 Å². The number of carboxylic acids is 1. The van der Waals surface area contributed by atoms with E-state index in [0.29, 0.717) is 4.90 Å². The summed E-state index contributed by atoms with van der Waals surface area (Å²) in [6, 6.07) is 0. The van der Waals surface area contributed by atoms with E-state index in [1.807, 2.05) is 0 Å². The number of amides is 1. The number of hydrogen-bond acceptors (Lipinski definition) is 4. The lowest BCUT2D eigenvalue weighted by Crippen LogP contribution is -2.65. The Hall–Kier alpha value is -1.80. The minimum Gasteiger partial charge on any atom is -0.477 e. The molecule has 0 aromatic carbocycles. The lowest BCUT2D eigenvalue weighted by Gasteiger charge is -2.45. The van der Waals surface area contributed by atoms with Crippen molar-refractivity contribution in [3.8, 4) is 0 Å². The second-order valence-electron chi connectivity index (χ2n) is 3.95. The van der Waals surface area contributed by atoms with Gasteiger partial charge in [0, 0.05) is 6.42 Å². The molecule has 0 aromatic heterocycles. The number of likely N-dealkylation sites (tertiary alicyclic amines) is 1. The summed E-state index contributed by atoms with van der Waals surface area (Å²) >= 11 is 0. The third-order valence-electron chi connectivity index (χ3n) is 2.57. The van der Waals surface area contributed by atoms with Crippen LogP contribution in [0, 0.1) is 0 Å². The van der Waals surface area contributed by atoms with E-state index in [4.69, 9.17) is 9.94 Å². The van der Waals surface area contributed by atoms with Gasteiger partial charge < -0.3 is 14.8 Å². The number of halogens is 3. The van der Waals surface area contributed by atoms with E-state index in [9.17, 15) is 22.8 Å². The molecular weight excluding hydrogens is 245 g/mol. The van der Waals surface area contributed by atoms with Gasteiger partial charge in [-0.3, -0.25) is 4.79 Å². The number of alkyl halides is 3. The lowest BCUT2D eigenvalue weighted by atomic mass is 9.89. The molecule has 2 rings (SSSR count). The van der Waals surface area contributed by atoms with E-state index in [-0.39, 0.29) is 25.2 Å². The first-order chi connectivity index (χ1) is 7.73. The topological polar surface area (TPSA) is 79.2 Å². The Morgan fingerprint density at radius 3 is 2.41 bits per heavy atom. The fraction of sp³-hybridized carbons (Fsp3) is 0.625. The summed E-state index contributed by atoms with van der Waals surface area (Å²) in [5, 5.41) is 11.9. The van der Waals surface area contributed by atoms with Crippen LogP contribution in [0.5, 0.6) is 0 Å². The molecule has 1 amide bonds. The maximum atomic E-state index is 12.0. The van der Waals surface area contributed by atoms with E-state index < -0.39 is 23.7 Å². The lowest BCUT2D eigenvalue weighted by molar-refractivity contribution is -0.206. The van der Waals surface area contributed by atoms with E-state index in [1.54, 1.807) is 0 Å². The van der Waals surface area contributed by atoms with Crippen molar-refractivity contribution in [1.82, 2.24) is 4.90 Å². The SMILES string of the molecule is O=C(O)C1=NOC2(C1)CN(C(=O)C(F)(F)F)C2. The monoisotopic (exact) mass is 252 g/mol. The Morgan fingerprint density at radius 2 is 2.00 bits per heavy atom. The Morgan fingerprint density at radius 1 is 1.41 bits per heavy atom. The number of nitrogens with zero attached hydrogens (tertiary/aromatic N) is 2. The van der Waals surface area contributed by atoms with Crippen LogP contribution in [0.4, 0.5) is 13.2 Å². The van der Waals surface area contributed by atoms with Crippen LogP contribution in [0.3, 0.4) is 0 Å². The highest BCUT2D eigenvalue weighted by Gasteiger charge is 2.57. The zero-order valence-electron chi connectivity index (χ0n) is 8.32. The minimum absolute atomic E-state index is 0.0933. The molecule has 1 saturated heterocycles. The molecule has 0 radical (unpaired) electrons. The summed E-state index contributed by atoms with van der Waals surface area (Å²) in [6.45, 7) is -0.600. The number of carbonyl (C=O) groups is 2. The van der Waals surface area contributed by atoms with Crippen LogP contribution in [0.25, 0.3) is 0 Å². The highest BCUT2D eigenvalue weighted by molar-refractivity contribution is 6.36. The van der Waals surface area contributed by atoms with E-state index in [0.717, 1.165) is 0 Å². The van der Waals surface area contributed by atoms with Crippen molar-refractivity contribution < 1.29 is 32.7 Å². The van der Waals surface area contributed by atoms with Crippen molar-refractivity contribution in [1.29, 1.82) is 0 Å². The summed E-state index contributed by atoms with van der Waals surface area (Å²) in [5.74, 6) is -3.22. The normalized spacial score (nSPS) is 21.8. The zero-order chi connectivity index (χ0) is 12.8. The molecule has 1 N–H and O–H groups in total. The Labute approximate surface area is 92.6 Å². The molecule has 94 valence electrons. The average molecular weight is 252 g/mol. The van der Waals surface area contributed by atoms with Crippen molar-refractivity contribution in [2.45, 2.75) is 18.2 Å². The van der Waals surface area contributed by atoms with Gasteiger partial charge in [0.25, 0.3) is 0 Å². The van der Waals surface area contributed by atoms with Crippen molar-refractivity contribution >= 4 is 17.6 Å². The van der Waals surface area contributed by atoms with Gasteiger partial charge in [-0.2, -0.15) is 13.2 Å². The Balaban J connectivity index is 1.93. The Kier molecular flexibility index (Phi) is 2.30. The minimum atomic E-state index is -4.92. The number of rotatable bonds is 1. The van der Waals surface area contributed by atoms with Crippen molar-refractivity contribution in [3.63, 3.8) is 0 Å². The quantitative estimate of drug-likeness (QED) is 0.711. The smallest absolute Gasteiger partial charge is 0.471 e.